The van der Waals surface area contributed by atoms with Crippen LogP contribution in [0.4, 0.5) is 0 Å². The first kappa shape index (κ1) is 21.3. The quantitative estimate of drug-likeness (QED) is 0.383. The predicted octanol–water partition coefficient (Wildman–Crippen LogP) is 3.36. The van der Waals surface area contributed by atoms with E-state index in [-0.39, 0.29) is 12.4 Å². The Hall–Kier alpha value is -3.97. The molecule has 32 heavy (non-hydrogen) atoms. The number of Topliss-reactive ketones (excluding diaryl/α,β-unsaturated/α-hetero) is 1. The number of carbonyl (C=O) groups excluding carboxylic acids is 2. The van der Waals surface area contributed by atoms with E-state index in [1.165, 1.54) is 0 Å². The van der Waals surface area contributed by atoms with Gasteiger partial charge < -0.3 is 21.1 Å². The first-order chi connectivity index (χ1) is 15.5. The fourth-order valence-electron chi connectivity index (χ4n) is 3.55. The fourth-order valence-corrected chi connectivity index (χ4v) is 3.77. The highest BCUT2D eigenvalue weighted by Gasteiger charge is 2.32. The van der Waals surface area contributed by atoms with Gasteiger partial charge in [0.1, 0.15) is 5.75 Å². The van der Waals surface area contributed by atoms with Crippen LogP contribution in [-0.4, -0.2) is 23.4 Å². The van der Waals surface area contributed by atoms with Crippen molar-refractivity contribution in [1.29, 1.82) is 0 Å². The van der Waals surface area contributed by atoms with Crippen LogP contribution in [0.15, 0.2) is 90.5 Å². The molecule has 0 aromatic heterocycles. The summed E-state index contributed by atoms with van der Waals surface area (Å²) in [7, 11) is 0. The largest absolute Gasteiger partial charge is 0.484 e. The van der Waals surface area contributed by atoms with E-state index in [2.05, 4.69) is 10.6 Å². The summed E-state index contributed by atoms with van der Waals surface area (Å²) >= 11 is 5.47. The minimum atomic E-state index is -0.550. The molecular formula is C25H21N3O3S. The van der Waals surface area contributed by atoms with E-state index in [1.807, 2.05) is 60.7 Å². The van der Waals surface area contributed by atoms with Crippen molar-refractivity contribution in [2.24, 2.45) is 5.73 Å². The van der Waals surface area contributed by atoms with Crippen molar-refractivity contribution in [1.82, 2.24) is 10.6 Å². The van der Waals surface area contributed by atoms with Crippen molar-refractivity contribution in [3.8, 4) is 5.75 Å². The van der Waals surface area contributed by atoms with E-state index in [0.29, 0.717) is 27.7 Å². The van der Waals surface area contributed by atoms with Crippen molar-refractivity contribution in [3.63, 3.8) is 0 Å². The Balaban J connectivity index is 1.80. The van der Waals surface area contributed by atoms with Crippen LogP contribution in [0, 0.1) is 0 Å². The molecule has 4 N–H and O–H groups in total. The van der Waals surface area contributed by atoms with Crippen molar-refractivity contribution in [3.05, 3.63) is 107 Å². The average Bonchev–Trinajstić information content (AvgIpc) is 2.83. The third-order valence-corrected chi connectivity index (χ3v) is 5.23. The maximum atomic E-state index is 13.7. The van der Waals surface area contributed by atoms with E-state index in [0.717, 1.165) is 11.1 Å². The van der Waals surface area contributed by atoms with Crippen LogP contribution >= 0.6 is 12.2 Å². The number of primary amides is 1. The summed E-state index contributed by atoms with van der Waals surface area (Å²) in [6.45, 7) is -0.204. The van der Waals surface area contributed by atoms with Gasteiger partial charge in [0.05, 0.1) is 17.3 Å². The van der Waals surface area contributed by atoms with Crippen LogP contribution in [0.2, 0.25) is 0 Å². The molecule has 1 aliphatic rings. The van der Waals surface area contributed by atoms with Gasteiger partial charge in [-0.1, -0.05) is 72.8 Å². The summed E-state index contributed by atoms with van der Waals surface area (Å²) in [6.07, 6.45) is 0. The average molecular weight is 444 g/mol. The third-order valence-electron chi connectivity index (χ3n) is 5.01. The predicted molar refractivity (Wildman–Crippen MR) is 127 cm³/mol. The minimum Gasteiger partial charge on any atom is -0.484 e. The Kier molecular flexibility index (Phi) is 6.28. The van der Waals surface area contributed by atoms with E-state index in [1.54, 1.807) is 24.3 Å². The Labute approximate surface area is 191 Å². The zero-order valence-electron chi connectivity index (χ0n) is 17.1. The lowest BCUT2D eigenvalue weighted by Crippen LogP contribution is -2.44. The molecule has 0 saturated heterocycles. The zero-order valence-corrected chi connectivity index (χ0v) is 17.9. The SMILES string of the molecule is NC(=O)COc1ccc(C2NC(=S)NC(c3ccccc3)=C2C(=O)c2ccccc2)cc1. The highest BCUT2D eigenvalue weighted by molar-refractivity contribution is 7.80. The van der Waals surface area contributed by atoms with Crippen molar-refractivity contribution < 1.29 is 14.3 Å². The molecule has 1 aliphatic heterocycles. The molecule has 0 spiro atoms. The van der Waals surface area contributed by atoms with Crippen LogP contribution < -0.4 is 21.1 Å². The lowest BCUT2D eigenvalue weighted by molar-refractivity contribution is -0.119. The number of nitrogens with one attached hydrogen (secondary N) is 2. The summed E-state index contributed by atoms with van der Waals surface area (Å²) in [5, 5.41) is 6.83. The van der Waals surface area contributed by atoms with Crippen LogP contribution in [0.3, 0.4) is 0 Å². The lowest BCUT2D eigenvalue weighted by atomic mass is 9.87. The molecule has 1 unspecified atom stereocenters. The monoisotopic (exact) mass is 443 g/mol. The van der Waals surface area contributed by atoms with Crippen molar-refractivity contribution in [2.45, 2.75) is 6.04 Å². The molecule has 3 aromatic carbocycles. The second-order valence-electron chi connectivity index (χ2n) is 7.21. The number of rotatable bonds is 7. The topological polar surface area (TPSA) is 93.5 Å². The van der Waals surface area contributed by atoms with Gasteiger partial charge in [0, 0.05) is 5.56 Å². The summed E-state index contributed by atoms with van der Waals surface area (Å²) in [5.41, 5.74) is 8.64. The van der Waals surface area contributed by atoms with Crippen molar-refractivity contribution >= 4 is 34.7 Å². The molecule has 0 saturated carbocycles. The van der Waals surface area contributed by atoms with Crippen LogP contribution in [0.5, 0.6) is 5.75 Å². The fraction of sp³-hybridized carbons (Fsp3) is 0.0800. The second-order valence-corrected chi connectivity index (χ2v) is 7.61. The van der Waals surface area contributed by atoms with Gasteiger partial charge >= 0.3 is 0 Å². The molecule has 1 amide bonds. The molecule has 4 rings (SSSR count). The number of carbonyl (C=O) groups is 2. The van der Waals surface area contributed by atoms with Crippen LogP contribution in [0.25, 0.3) is 5.70 Å². The van der Waals surface area contributed by atoms with E-state index in [9.17, 15) is 9.59 Å². The number of ketones is 1. The molecule has 0 bridgehead atoms. The lowest BCUT2D eigenvalue weighted by Gasteiger charge is -2.32. The molecule has 0 radical (unpaired) electrons. The number of hydrogen-bond acceptors (Lipinski definition) is 4. The Bertz CT molecular complexity index is 1180. The second kappa shape index (κ2) is 9.45. The Morgan fingerprint density at radius 3 is 2.16 bits per heavy atom. The van der Waals surface area contributed by atoms with Gasteiger partial charge in [-0.15, -0.1) is 0 Å². The summed E-state index contributed by atoms with van der Waals surface area (Å²) in [4.78, 5) is 24.6. The first-order valence-corrected chi connectivity index (χ1v) is 10.4. The minimum absolute atomic E-state index is 0.106. The summed E-state index contributed by atoms with van der Waals surface area (Å²) < 4.78 is 5.35. The maximum absolute atomic E-state index is 13.7. The van der Waals surface area contributed by atoms with Gasteiger partial charge in [0.15, 0.2) is 17.5 Å². The number of hydrogen-bond donors (Lipinski definition) is 3. The van der Waals surface area contributed by atoms with Gasteiger partial charge in [-0.2, -0.15) is 0 Å². The smallest absolute Gasteiger partial charge is 0.255 e. The molecule has 7 heteroatoms. The standard InChI is InChI=1S/C25H21N3O3S/c26-20(29)15-31-19-13-11-17(12-14-19)23-21(24(30)18-9-5-2-6-10-18)22(27-25(32)28-23)16-7-3-1-4-8-16/h1-14,23H,15H2,(H2,26,29)(H2,27,28,32). The molecular weight excluding hydrogens is 422 g/mol. The number of ether oxygens (including phenoxy) is 1. The van der Waals surface area contributed by atoms with Gasteiger partial charge in [0.25, 0.3) is 5.91 Å². The molecule has 6 nitrogen and oxygen atoms in total. The van der Waals surface area contributed by atoms with Gasteiger partial charge in [-0.05, 0) is 35.5 Å². The van der Waals surface area contributed by atoms with Crippen LogP contribution in [0.1, 0.15) is 27.5 Å². The van der Waals surface area contributed by atoms with Gasteiger partial charge in [-0.25, -0.2) is 0 Å². The molecule has 1 heterocycles. The normalized spacial score (nSPS) is 15.5. The Morgan fingerprint density at radius 1 is 0.906 bits per heavy atom. The highest BCUT2D eigenvalue weighted by Crippen LogP contribution is 2.34. The Morgan fingerprint density at radius 2 is 1.53 bits per heavy atom. The van der Waals surface area contributed by atoms with Crippen molar-refractivity contribution in [2.75, 3.05) is 6.61 Å². The van der Waals surface area contributed by atoms with E-state index >= 15 is 0 Å². The van der Waals surface area contributed by atoms with Crippen LogP contribution in [-0.2, 0) is 4.79 Å². The number of nitrogens with two attached hydrogens (primary N) is 1. The number of benzene rings is 3. The number of amides is 1. The number of thiocarbonyl (C=S) groups is 1. The molecule has 0 fully saturated rings. The van der Waals surface area contributed by atoms with Gasteiger partial charge in [0.2, 0.25) is 0 Å². The molecule has 160 valence electrons. The molecule has 0 aliphatic carbocycles. The zero-order chi connectivity index (χ0) is 22.5. The molecule has 1 atom stereocenters. The highest BCUT2D eigenvalue weighted by atomic mass is 32.1. The van der Waals surface area contributed by atoms with E-state index < -0.39 is 11.9 Å². The molecule has 3 aromatic rings. The summed E-state index contributed by atoms with van der Waals surface area (Å²) in [6, 6.07) is 25.4. The van der Waals surface area contributed by atoms with Gasteiger partial charge in [-0.3, -0.25) is 9.59 Å². The van der Waals surface area contributed by atoms with E-state index in [4.69, 9.17) is 22.7 Å². The third kappa shape index (κ3) is 4.68. The first-order valence-electron chi connectivity index (χ1n) is 10.0. The maximum Gasteiger partial charge on any atom is 0.255 e. The summed E-state index contributed by atoms with van der Waals surface area (Å²) in [5.74, 6) is -0.149.